The van der Waals surface area contributed by atoms with Crippen LogP contribution in [0.5, 0.6) is 0 Å². The molecule has 0 aliphatic rings. The highest BCUT2D eigenvalue weighted by Gasteiger charge is 2.19. The van der Waals surface area contributed by atoms with Crippen molar-refractivity contribution in [3.63, 3.8) is 0 Å². The molecular weight excluding hydrogens is 697 g/mol. The average Bonchev–Trinajstić information content (AvgIpc) is 3.19. The van der Waals surface area contributed by atoms with Crippen LogP contribution >= 0.6 is 0 Å². The normalized spacial score (nSPS) is 12.7. The van der Waals surface area contributed by atoms with Crippen LogP contribution < -0.4 is 0 Å². The summed E-state index contributed by atoms with van der Waals surface area (Å²) in [7, 11) is 0. The number of hydrogen-bond donors (Lipinski definition) is 0. The molecule has 0 aromatic heterocycles. The lowest BCUT2D eigenvalue weighted by molar-refractivity contribution is -0.167. The molecule has 0 saturated heterocycles. The summed E-state index contributed by atoms with van der Waals surface area (Å²) < 4.78 is 16.6. The van der Waals surface area contributed by atoms with Crippen molar-refractivity contribution in [2.24, 2.45) is 0 Å². The van der Waals surface area contributed by atoms with E-state index in [2.05, 4.69) is 93.7 Å². The first-order valence-electron chi connectivity index (χ1n) is 22.9. The van der Waals surface area contributed by atoms with Gasteiger partial charge in [0.15, 0.2) is 6.10 Å². The van der Waals surface area contributed by atoms with E-state index in [1.165, 1.54) is 70.6 Å². The SMILES string of the molecule is CC/C=C\C/C=C\C/C=C\C/C=C\CCCCC(=O)OC(COC(=O)CCCCCCCC)COC(=O)CCCCCCCCC/C=C\C/C=C\CCCCC. The number of unbranched alkanes of at least 4 members (excludes halogenated alkanes) is 17. The van der Waals surface area contributed by atoms with E-state index in [-0.39, 0.29) is 37.5 Å². The Hall–Kier alpha value is -3.15. The maximum atomic E-state index is 12.7. The predicted octanol–water partition coefficient (Wildman–Crippen LogP) is 14.7. The van der Waals surface area contributed by atoms with Gasteiger partial charge in [0.25, 0.3) is 0 Å². The van der Waals surface area contributed by atoms with Crippen molar-refractivity contribution in [2.75, 3.05) is 13.2 Å². The number of carbonyl (C=O) groups excluding carboxylic acids is 3. The van der Waals surface area contributed by atoms with Crippen molar-refractivity contribution in [1.29, 1.82) is 0 Å². The van der Waals surface area contributed by atoms with Crippen LogP contribution in [0.3, 0.4) is 0 Å². The van der Waals surface area contributed by atoms with Crippen LogP contribution in [-0.2, 0) is 28.6 Å². The zero-order chi connectivity index (χ0) is 40.8. The highest BCUT2D eigenvalue weighted by molar-refractivity contribution is 5.71. The Morgan fingerprint density at radius 3 is 1.16 bits per heavy atom. The van der Waals surface area contributed by atoms with Crippen molar-refractivity contribution < 1.29 is 28.6 Å². The second kappa shape index (κ2) is 44.6. The number of rotatable bonds is 40. The fraction of sp³-hybridized carbons (Fsp3) is 0.700. The number of esters is 3. The zero-order valence-corrected chi connectivity index (χ0v) is 36.4. The molecule has 56 heavy (non-hydrogen) atoms. The molecule has 1 atom stereocenters. The van der Waals surface area contributed by atoms with Gasteiger partial charge in [0, 0.05) is 19.3 Å². The summed E-state index contributed by atoms with van der Waals surface area (Å²) in [5.74, 6) is -0.960. The predicted molar refractivity (Wildman–Crippen MR) is 238 cm³/mol. The lowest BCUT2D eigenvalue weighted by Gasteiger charge is -2.18. The largest absolute Gasteiger partial charge is 0.462 e. The Kier molecular flexibility index (Phi) is 42.1. The van der Waals surface area contributed by atoms with Crippen molar-refractivity contribution in [3.8, 4) is 0 Å². The molecule has 6 nitrogen and oxygen atoms in total. The topological polar surface area (TPSA) is 78.9 Å². The Bertz CT molecular complexity index is 1080. The Morgan fingerprint density at radius 2 is 0.696 bits per heavy atom. The molecule has 320 valence electrons. The molecule has 1 unspecified atom stereocenters. The van der Waals surface area contributed by atoms with Gasteiger partial charge in [-0.05, 0) is 89.9 Å². The molecule has 0 heterocycles. The number of hydrogen-bond acceptors (Lipinski definition) is 6. The summed E-state index contributed by atoms with van der Waals surface area (Å²) in [4.78, 5) is 37.6. The third kappa shape index (κ3) is 42.0. The van der Waals surface area contributed by atoms with Gasteiger partial charge in [0.1, 0.15) is 13.2 Å². The standard InChI is InChI=1S/C50H84O6/c1-4-7-10-13-16-18-20-22-24-25-27-28-30-32-34-37-40-43-49(52)55-46-47(45-54-48(51)42-39-36-15-12-9-6-3)56-50(53)44-41-38-35-33-31-29-26-23-21-19-17-14-11-8-5-2/h8,11,16-19,22-24,26,31,33,47H,4-7,9-10,12-15,20-21,25,27-30,32,34-46H2,1-3H3/b11-8-,18-16-,19-17-,24-22-,26-23-,33-31-. The van der Waals surface area contributed by atoms with Gasteiger partial charge in [-0.1, -0.05) is 171 Å². The first-order valence-corrected chi connectivity index (χ1v) is 22.9. The first kappa shape index (κ1) is 52.9. The minimum absolute atomic E-state index is 0.0956. The van der Waals surface area contributed by atoms with E-state index in [4.69, 9.17) is 14.2 Å². The van der Waals surface area contributed by atoms with E-state index in [1.807, 2.05) is 0 Å². The maximum absolute atomic E-state index is 12.7. The molecule has 0 fully saturated rings. The van der Waals surface area contributed by atoms with Crippen LogP contribution in [0.2, 0.25) is 0 Å². The summed E-state index contributed by atoms with van der Waals surface area (Å²) in [6.45, 7) is 6.38. The zero-order valence-electron chi connectivity index (χ0n) is 36.4. The van der Waals surface area contributed by atoms with Crippen molar-refractivity contribution in [2.45, 2.75) is 213 Å². The van der Waals surface area contributed by atoms with Gasteiger partial charge < -0.3 is 14.2 Å². The average molecular weight is 781 g/mol. The van der Waals surface area contributed by atoms with Gasteiger partial charge in [-0.15, -0.1) is 0 Å². The summed E-state index contributed by atoms with van der Waals surface area (Å²) in [5.41, 5.74) is 0. The Morgan fingerprint density at radius 1 is 0.375 bits per heavy atom. The molecule has 0 saturated carbocycles. The molecular formula is C50H84O6. The summed E-state index contributed by atoms with van der Waals surface area (Å²) in [6, 6.07) is 0. The molecule has 0 aliphatic carbocycles. The second-order valence-electron chi connectivity index (χ2n) is 14.9. The fourth-order valence-electron chi connectivity index (χ4n) is 5.99. The monoisotopic (exact) mass is 781 g/mol. The quantitative estimate of drug-likeness (QED) is 0.0267. The molecule has 0 bridgehead atoms. The molecule has 0 radical (unpaired) electrons. The number of carbonyl (C=O) groups is 3. The first-order chi connectivity index (χ1) is 27.5. The van der Waals surface area contributed by atoms with E-state index >= 15 is 0 Å². The summed E-state index contributed by atoms with van der Waals surface area (Å²) >= 11 is 0. The van der Waals surface area contributed by atoms with E-state index in [0.29, 0.717) is 19.3 Å². The fourth-order valence-corrected chi connectivity index (χ4v) is 5.99. The van der Waals surface area contributed by atoms with Crippen LogP contribution in [0.15, 0.2) is 72.9 Å². The molecule has 0 rings (SSSR count). The second-order valence-corrected chi connectivity index (χ2v) is 14.9. The molecule has 0 aromatic rings. The number of allylic oxidation sites excluding steroid dienone is 12. The van der Waals surface area contributed by atoms with Gasteiger partial charge in [-0.2, -0.15) is 0 Å². The minimum atomic E-state index is -0.795. The van der Waals surface area contributed by atoms with Crippen LogP contribution in [0.4, 0.5) is 0 Å². The molecule has 0 N–H and O–H groups in total. The van der Waals surface area contributed by atoms with E-state index in [0.717, 1.165) is 89.9 Å². The minimum Gasteiger partial charge on any atom is -0.462 e. The van der Waals surface area contributed by atoms with Crippen molar-refractivity contribution in [1.82, 2.24) is 0 Å². The van der Waals surface area contributed by atoms with E-state index in [1.54, 1.807) is 0 Å². The van der Waals surface area contributed by atoms with Gasteiger partial charge >= 0.3 is 17.9 Å². The highest BCUT2D eigenvalue weighted by Crippen LogP contribution is 2.13. The van der Waals surface area contributed by atoms with Crippen molar-refractivity contribution >= 4 is 17.9 Å². The van der Waals surface area contributed by atoms with Gasteiger partial charge in [0.2, 0.25) is 0 Å². The highest BCUT2D eigenvalue weighted by atomic mass is 16.6. The Balaban J connectivity index is 4.35. The smallest absolute Gasteiger partial charge is 0.306 e. The lowest BCUT2D eigenvalue weighted by atomic mass is 10.1. The maximum Gasteiger partial charge on any atom is 0.306 e. The van der Waals surface area contributed by atoms with Crippen molar-refractivity contribution in [3.05, 3.63) is 72.9 Å². The third-order valence-corrected chi connectivity index (χ3v) is 9.45. The van der Waals surface area contributed by atoms with Gasteiger partial charge in [-0.25, -0.2) is 0 Å². The third-order valence-electron chi connectivity index (χ3n) is 9.45. The molecule has 6 heteroatoms. The van der Waals surface area contributed by atoms with E-state index < -0.39 is 6.10 Å². The van der Waals surface area contributed by atoms with Crippen LogP contribution in [0.25, 0.3) is 0 Å². The Labute approximate surface area is 344 Å². The summed E-state index contributed by atoms with van der Waals surface area (Å²) in [5, 5.41) is 0. The number of ether oxygens (including phenoxy) is 3. The molecule has 0 amide bonds. The van der Waals surface area contributed by atoms with Gasteiger partial charge in [0.05, 0.1) is 0 Å². The van der Waals surface area contributed by atoms with Crippen LogP contribution in [-0.4, -0.2) is 37.2 Å². The van der Waals surface area contributed by atoms with Crippen LogP contribution in [0.1, 0.15) is 207 Å². The lowest BCUT2D eigenvalue weighted by Crippen LogP contribution is -2.30. The molecule has 0 aliphatic heterocycles. The summed E-state index contributed by atoms with van der Waals surface area (Å²) in [6.07, 6.45) is 54.8. The molecule has 0 aromatic carbocycles. The van der Waals surface area contributed by atoms with Crippen LogP contribution in [0, 0.1) is 0 Å². The van der Waals surface area contributed by atoms with E-state index in [9.17, 15) is 14.4 Å². The molecule has 0 spiro atoms. The van der Waals surface area contributed by atoms with Gasteiger partial charge in [-0.3, -0.25) is 14.4 Å².